The van der Waals surface area contributed by atoms with Gasteiger partial charge >= 0.3 is 0 Å². The molecule has 0 aromatic heterocycles. The number of halogens is 1. The van der Waals surface area contributed by atoms with Crippen molar-refractivity contribution >= 4 is 15.9 Å². The van der Waals surface area contributed by atoms with Crippen LogP contribution in [0.4, 0.5) is 0 Å². The van der Waals surface area contributed by atoms with Crippen LogP contribution in [0.5, 0.6) is 0 Å². The van der Waals surface area contributed by atoms with Crippen molar-refractivity contribution in [3.05, 3.63) is 10.6 Å². The number of hydrogen-bond donors (Lipinski definition) is 2. The SMILES string of the molecule is C[C@]12CC[C@H]3[C@@H](CC[C@H]4C[C@@H](O)C=C(Br)[C@@]43C)[C@@H]1CC[C@@H]2O. The van der Waals surface area contributed by atoms with Gasteiger partial charge in [-0.25, -0.2) is 0 Å². The summed E-state index contributed by atoms with van der Waals surface area (Å²) in [5.74, 6) is 2.78. The van der Waals surface area contributed by atoms with Gasteiger partial charge < -0.3 is 10.2 Å². The maximum absolute atomic E-state index is 10.5. The van der Waals surface area contributed by atoms with Crippen molar-refractivity contribution in [3.8, 4) is 0 Å². The molecule has 0 heterocycles. The molecule has 3 fully saturated rings. The van der Waals surface area contributed by atoms with Crippen molar-refractivity contribution in [2.45, 2.75) is 71.0 Å². The van der Waals surface area contributed by atoms with Gasteiger partial charge in [0.2, 0.25) is 0 Å². The number of fused-ring (bicyclic) bond motifs is 5. The van der Waals surface area contributed by atoms with Crippen LogP contribution in [0.2, 0.25) is 0 Å². The number of aliphatic hydroxyl groups excluding tert-OH is 2. The van der Waals surface area contributed by atoms with Gasteiger partial charge in [0, 0.05) is 9.90 Å². The third-order valence-electron chi connectivity index (χ3n) is 8.23. The molecule has 0 unspecified atom stereocenters. The zero-order valence-corrected chi connectivity index (χ0v) is 15.3. The van der Waals surface area contributed by atoms with Crippen LogP contribution >= 0.6 is 15.9 Å². The summed E-state index contributed by atoms with van der Waals surface area (Å²) < 4.78 is 1.25. The summed E-state index contributed by atoms with van der Waals surface area (Å²) in [6.07, 6.45) is 9.78. The van der Waals surface area contributed by atoms with E-state index in [1.165, 1.54) is 36.6 Å². The molecule has 0 radical (unpaired) electrons. The second-order valence-corrected chi connectivity index (χ2v) is 9.74. The summed E-state index contributed by atoms with van der Waals surface area (Å²) >= 11 is 3.84. The summed E-state index contributed by atoms with van der Waals surface area (Å²) in [6.45, 7) is 4.78. The van der Waals surface area contributed by atoms with Crippen LogP contribution in [-0.2, 0) is 0 Å². The summed E-state index contributed by atoms with van der Waals surface area (Å²) in [5, 5.41) is 20.6. The lowest BCUT2D eigenvalue weighted by Crippen LogP contribution is -2.54. The van der Waals surface area contributed by atoms with Crippen molar-refractivity contribution < 1.29 is 10.2 Å². The Morgan fingerprint density at radius 1 is 1.05 bits per heavy atom. The van der Waals surface area contributed by atoms with Crippen LogP contribution in [-0.4, -0.2) is 22.4 Å². The molecule has 0 spiro atoms. The van der Waals surface area contributed by atoms with E-state index in [1.807, 2.05) is 0 Å². The second kappa shape index (κ2) is 5.07. The van der Waals surface area contributed by atoms with Crippen LogP contribution in [0.1, 0.15) is 58.8 Å². The van der Waals surface area contributed by atoms with E-state index >= 15 is 0 Å². The Hall–Kier alpha value is 0.140. The van der Waals surface area contributed by atoms with Crippen LogP contribution < -0.4 is 0 Å². The van der Waals surface area contributed by atoms with E-state index in [2.05, 4.69) is 35.9 Å². The Morgan fingerprint density at radius 2 is 1.82 bits per heavy atom. The second-order valence-electron chi connectivity index (χ2n) is 8.89. The van der Waals surface area contributed by atoms with Crippen molar-refractivity contribution in [3.63, 3.8) is 0 Å². The molecule has 2 N–H and O–H groups in total. The van der Waals surface area contributed by atoms with Crippen LogP contribution in [0.3, 0.4) is 0 Å². The quantitative estimate of drug-likeness (QED) is 0.670. The lowest BCUT2D eigenvalue weighted by atomic mass is 9.46. The van der Waals surface area contributed by atoms with Crippen LogP contribution in [0.15, 0.2) is 10.6 Å². The highest BCUT2D eigenvalue weighted by Gasteiger charge is 2.60. The minimum atomic E-state index is -0.272. The monoisotopic (exact) mass is 368 g/mol. The maximum atomic E-state index is 10.5. The van der Waals surface area contributed by atoms with Gasteiger partial charge in [0.05, 0.1) is 12.2 Å². The number of hydrogen-bond acceptors (Lipinski definition) is 2. The number of allylic oxidation sites excluding steroid dienone is 1. The van der Waals surface area contributed by atoms with Gasteiger partial charge in [0.1, 0.15) is 0 Å². The standard InChI is InChI=1S/C19H29BrO2/c1-18-8-7-15-13(14(18)5-6-17(18)22)4-3-11-9-12(21)10-16(20)19(11,15)2/h10-15,17,21-22H,3-9H2,1-2H3/t11-,12+,13-,14-,15-,17-,18-,19-/m0/s1. The van der Waals surface area contributed by atoms with E-state index in [9.17, 15) is 10.2 Å². The molecular weight excluding hydrogens is 340 g/mol. The first-order chi connectivity index (χ1) is 10.4. The van der Waals surface area contributed by atoms with Gasteiger partial charge in [0.15, 0.2) is 0 Å². The topological polar surface area (TPSA) is 40.5 Å². The minimum Gasteiger partial charge on any atom is -0.393 e. The fourth-order valence-corrected chi connectivity index (χ4v) is 7.77. The average molecular weight is 369 g/mol. The molecular formula is C19H29BrO2. The zero-order chi connectivity index (χ0) is 15.7. The molecule has 3 saturated carbocycles. The van der Waals surface area contributed by atoms with Crippen LogP contribution in [0, 0.1) is 34.5 Å². The molecule has 4 aliphatic rings. The fraction of sp³-hybridized carbons (Fsp3) is 0.895. The molecule has 4 rings (SSSR count). The predicted octanol–water partition coefficient (Wildman–Crippen LogP) is 4.25. The van der Waals surface area contributed by atoms with Gasteiger partial charge in [-0.2, -0.15) is 0 Å². The highest BCUT2D eigenvalue weighted by Crippen LogP contribution is 2.67. The normalized spacial score (nSPS) is 57.6. The summed E-state index contributed by atoms with van der Waals surface area (Å²) in [6, 6.07) is 0. The highest BCUT2D eigenvalue weighted by atomic mass is 79.9. The molecule has 22 heavy (non-hydrogen) atoms. The molecule has 8 atom stereocenters. The van der Waals surface area contributed by atoms with E-state index < -0.39 is 0 Å². The summed E-state index contributed by atoms with van der Waals surface area (Å²) in [7, 11) is 0. The van der Waals surface area contributed by atoms with Crippen molar-refractivity contribution in [2.75, 3.05) is 0 Å². The number of aliphatic hydroxyl groups is 2. The van der Waals surface area contributed by atoms with Crippen molar-refractivity contribution in [1.82, 2.24) is 0 Å². The lowest BCUT2D eigenvalue weighted by Gasteiger charge is -2.60. The van der Waals surface area contributed by atoms with E-state index in [-0.39, 0.29) is 23.0 Å². The lowest BCUT2D eigenvalue weighted by molar-refractivity contribution is -0.101. The smallest absolute Gasteiger partial charge is 0.0734 e. The van der Waals surface area contributed by atoms with Gasteiger partial charge in [-0.1, -0.05) is 29.8 Å². The average Bonchev–Trinajstić information content (AvgIpc) is 2.77. The predicted molar refractivity (Wildman–Crippen MR) is 91.5 cm³/mol. The molecule has 0 aromatic rings. The van der Waals surface area contributed by atoms with Gasteiger partial charge in [-0.05, 0) is 80.1 Å². The zero-order valence-electron chi connectivity index (χ0n) is 13.8. The molecule has 0 aliphatic heterocycles. The molecule has 2 nitrogen and oxygen atoms in total. The maximum Gasteiger partial charge on any atom is 0.0734 e. The fourth-order valence-electron chi connectivity index (χ4n) is 6.85. The molecule has 0 aromatic carbocycles. The first-order valence-electron chi connectivity index (χ1n) is 9.11. The van der Waals surface area contributed by atoms with Crippen molar-refractivity contribution in [2.24, 2.45) is 34.5 Å². The minimum absolute atomic E-state index is 0.0869. The molecule has 0 saturated heterocycles. The van der Waals surface area contributed by atoms with Gasteiger partial charge in [-0.15, -0.1) is 0 Å². The molecule has 0 amide bonds. The highest BCUT2D eigenvalue weighted by molar-refractivity contribution is 9.11. The summed E-state index contributed by atoms with van der Waals surface area (Å²) in [4.78, 5) is 0. The summed E-state index contributed by atoms with van der Waals surface area (Å²) in [5.41, 5.74) is 0.367. The molecule has 4 aliphatic carbocycles. The van der Waals surface area contributed by atoms with E-state index in [0.29, 0.717) is 17.8 Å². The van der Waals surface area contributed by atoms with E-state index in [4.69, 9.17) is 0 Å². The number of rotatable bonds is 0. The van der Waals surface area contributed by atoms with Crippen LogP contribution in [0.25, 0.3) is 0 Å². The van der Waals surface area contributed by atoms with E-state index in [1.54, 1.807) is 0 Å². The Bertz CT molecular complexity index is 504. The van der Waals surface area contributed by atoms with E-state index in [0.717, 1.165) is 18.8 Å². The first kappa shape index (κ1) is 15.7. The Kier molecular flexibility index (Phi) is 3.61. The Labute approximate surface area is 142 Å². The third kappa shape index (κ3) is 1.91. The third-order valence-corrected chi connectivity index (χ3v) is 9.35. The molecule has 0 bridgehead atoms. The van der Waals surface area contributed by atoms with Crippen molar-refractivity contribution in [1.29, 1.82) is 0 Å². The largest absolute Gasteiger partial charge is 0.393 e. The Morgan fingerprint density at radius 3 is 2.59 bits per heavy atom. The molecule has 3 heteroatoms. The van der Waals surface area contributed by atoms with Gasteiger partial charge in [0.25, 0.3) is 0 Å². The van der Waals surface area contributed by atoms with Gasteiger partial charge in [-0.3, -0.25) is 0 Å². The molecule has 124 valence electrons. The first-order valence-corrected chi connectivity index (χ1v) is 9.90. The Balaban J connectivity index is 1.70.